The molecule has 2 rings (SSSR count). The van der Waals surface area contributed by atoms with E-state index in [0.29, 0.717) is 5.56 Å². The summed E-state index contributed by atoms with van der Waals surface area (Å²) in [6.07, 6.45) is 0. The number of aromatic nitrogens is 3. The molecule has 1 aromatic heterocycles. The first kappa shape index (κ1) is 11.7. The predicted molar refractivity (Wildman–Crippen MR) is 57.9 cm³/mol. The number of H-pyrrole nitrogens is 1. The molecule has 0 spiro atoms. The normalized spacial score (nSPS) is 11.7. The number of nitrogens with two attached hydrogens (primary N) is 1. The minimum absolute atomic E-state index is 0.0889. The Morgan fingerprint density at radius 1 is 1.41 bits per heavy atom. The Morgan fingerprint density at radius 3 is 2.71 bits per heavy atom. The molecule has 0 amide bonds. The number of nitrogens with zero attached hydrogens (tertiary/aromatic N) is 2. The number of aryl methyl sites for hydroxylation is 1. The third-order valence-corrected chi connectivity index (χ3v) is 2.90. The average Bonchev–Trinajstić information content (AvgIpc) is 2.70. The van der Waals surface area contributed by atoms with Crippen molar-refractivity contribution in [3.63, 3.8) is 0 Å². The van der Waals surface area contributed by atoms with E-state index >= 15 is 0 Å². The summed E-state index contributed by atoms with van der Waals surface area (Å²) in [4.78, 5) is 3.71. The number of sulfonamides is 1. The molecule has 0 radical (unpaired) electrons. The van der Waals surface area contributed by atoms with Crippen LogP contribution >= 0.6 is 0 Å². The molecule has 0 aliphatic carbocycles. The van der Waals surface area contributed by atoms with Crippen molar-refractivity contribution in [1.82, 2.24) is 15.2 Å². The Hall–Kier alpha value is -1.80. The van der Waals surface area contributed by atoms with E-state index in [1.807, 2.05) is 0 Å². The lowest BCUT2D eigenvalue weighted by Crippen LogP contribution is -2.13. The summed E-state index contributed by atoms with van der Waals surface area (Å²) in [7, 11) is -3.94. The van der Waals surface area contributed by atoms with Gasteiger partial charge in [-0.05, 0) is 24.6 Å². The van der Waals surface area contributed by atoms with E-state index in [4.69, 9.17) is 5.14 Å². The van der Waals surface area contributed by atoms with Crippen molar-refractivity contribution in [2.45, 2.75) is 12.1 Å². The molecule has 0 aliphatic heterocycles. The van der Waals surface area contributed by atoms with Crippen LogP contribution in [-0.2, 0) is 10.0 Å². The van der Waals surface area contributed by atoms with Gasteiger partial charge in [0.1, 0.15) is 5.82 Å². The molecule has 0 atom stereocenters. The van der Waals surface area contributed by atoms with E-state index in [2.05, 4.69) is 15.2 Å². The standard InChI is InChI=1S/C9H9FN4O2S/c1-5-2-3-6(10)4-7(5)8-12-9(14-13-8)17(11,15)16/h2-4H,1H3,(H2,11,15,16)(H,12,13,14). The van der Waals surface area contributed by atoms with Crippen LogP contribution in [0.15, 0.2) is 23.4 Å². The largest absolute Gasteiger partial charge is 0.273 e. The van der Waals surface area contributed by atoms with Crippen LogP contribution in [0, 0.1) is 12.7 Å². The van der Waals surface area contributed by atoms with Crippen molar-refractivity contribution in [1.29, 1.82) is 0 Å². The SMILES string of the molecule is Cc1ccc(F)cc1-c1n[nH]c(S(N)(=O)=O)n1. The maximum absolute atomic E-state index is 13.1. The molecule has 0 saturated carbocycles. The average molecular weight is 256 g/mol. The molecule has 17 heavy (non-hydrogen) atoms. The zero-order valence-corrected chi connectivity index (χ0v) is 9.62. The van der Waals surface area contributed by atoms with Crippen molar-refractivity contribution in [3.05, 3.63) is 29.6 Å². The van der Waals surface area contributed by atoms with Crippen molar-refractivity contribution < 1.29 is 12.8 Å². The second kappa shape index (κ2) is 3.90. The summed E-state index contributed by atoms with van der Waals surface area (Å²) in [5.41, 5.74) is 1.14. The highest BCUT2D eigenvalue weighted by Gasteiger charge is 2.16. The van der Waals surface area contributed by atoms with Crippen LogP contribution in [0.1, 0.15) is 5.56 Å². The van der Waals surface area contributed by atoms with Crippen LogP contribution in [0.5, 0.6) is 0 Å². The molecule has 6 nitrogen and oxygen atoms in total. The van der Waals surface area contributed by atoms with Crippen LogP contribution in [0.3, 0.4) is 0 Å². The van der Waals surface area contributed by atoms with Crippen molar-refractivity contribution >= 4 is 10.0 Å². The minimum Gasteiger partial charge on any atom is -0.248 e. The Labute approximate surface area is 96.7 Å². The lowest BCUT2D eigenvalue weighted by atomic mass is 10.1. The molecule has 3 N–H and O–H groups in total. The number of primary sulfonamides is 1. The summed E-state index contributed by atoms with van der Waals surface area (Å²) in [5.74, 6) is -0.362. The molecule has 2 aromatic rings. The number of hydrogen-bond acceptors (Lipinski definition) is 4. The molecule has 90 valence electrons. The Morgan fingerprint density at radius 2 is 2.12 bits per heavy atom. The van der Waals surface area contributed by atoms with Crippen molar-refractivity contribution in [3.8, 4) is 11.4 Å². The van der Waals surface area contributed by atoms with E-state index in [9.17, 15) is 12.8 Å². The van der Waals surface area contributed by atoms with Gasteiger partial charge in [0.05, 0.1) is 0 Å². The molecular weight excluding hydrogens is 247 g/mol. The summed E-state index contributed by atoms with van der Waals surface area (Å²) < 4.78 is 35.1. The first-order valence-electron chi connectivity index (χ1n) is 4.59. The van der Waals surface area contributed by atoms with E-state index in [1.165, 1.54) is 12.1 Å². The predicted octanol–water partition coefficient (Wildman–Crippen LogP) is 0.567. The van der Waals surface area contributed by atoms with Crippen LogP contribution in [-0.4, -0.2) is 23.6 Å². The third-order valence-electron chi connectivity index (χ3n) is 2.17. The molecule has 0 aliphatic rings. The van der Waals surface area contributed by atoms with Crippen LogP contribution in [0.2, 0.25) is 0 Å². The zero-order chi connectivity index (χ0) is 12.6. The van der Waals surface area contributed by atoms with Crippen molar-refractivity contribution in [2.24, 2.45) is 5.14 Å². The lowest BCUT2D eigenvalue weighted by Gasteiger charge is -2.00. The Kier molecular flexibility index (Phi) is 2.68. The molecular formula is C9H9FN4O2S. The van der Waals surface area contributed by atoms with Gasteiger partial charge in [-0.1, -0.05) is 6.07 Å². The number of halogens is 1. The number of hydrogen-bond donors (Lipinski definition) is 2. The monoisotopic (exact) mass is 256 g/mol. The molecule has 0 fully saturated rings. The van der Waals surface area contributed by atoms with E-state index in [1.54, 1.807) is 13.0 Å². The molecule has 1 heterocycles. The minimum atomic E-state index is -3.94. The van der Waals surface area contributed by atoms with Gasteiger partial charge in [0.15, 0.2) is 5.82 Å². The van der Waals surface area contributed by atoms with E-state index < -0.39 is 21.0 Å². The van der Waals surface area contributed by atoms with Gasteiger partial charge in [-0.15, -0.1) is 0 Å². The van der Waals surface area contributed by atoms with Gasteiger partial charge in [0, 0.05) is 5.56 Å². The Balaban J connectivity index is 2.55. The second-order valence-electron chi connectivity index (χ2n) is 3.47. The topological polar surface area (TPSA) is 102 Å². The molecule has 0 unspecified atom stereocenters. The number of nitrogens with one attached hydrogen (secondary N) is 1. The van der Waals surface area contributed by atoms with Gasteiger partial charge in [0.25, 0.3) is 15.2 Å². The maximum atomic E-state index is 13.1. The third kappa shape index (κ3) is 2.32. The highest BCUT2D eigenvalue weighted by Crippen LogP contribution is 2.21. The molecule has 8 heteroatoms. The zero-order valence-electron chi connectivity index (χ0n) is 8.81. The summed E-state index contributed by atoms with van der Waals surface area (Å²) >= 11 is 0. The van der Waals surface area contributed by atoms with Gasteiger partial charge in [-0.2, -0.15) is 10.1 Å². The summed E-state index contributed by atoms with van der Waals surface area (Å²) in [6.45, 7) is 1.74. The number of benzene rings is 1. The fraction of sp³-hybridized carbons (Fsp3) is 0.111. The van der Waals surface area contributed by atoms with Crippen LogP contribution in [0.25, 0.3) is 11.4 Å². The molecule has 0 saturated heterocycles. The lowest BCUT2D eigenvalue weighted by molar-refractivity contribution is 0.589. The smallest absolute Gasteiger partial charge is 0.248 e. The maximum Gasteiger partial charge on any atom is 0.273 e. The number of aromatic amines is 1. The number of rotatable bonds is 2. The van der Waals surface area contributed by atoms with Gasteiger partial charge in [-0.25, -0.2) is 23.0 Å². The van der Waals surface area contributed by atoms with Gasteiger partial charge < -0.3 is 0 Å². The van der Waals surface area contributed by atoms with E-state index in [-0.39, 0.29) is 5.82 Å². The first-order chi connectivity index (χ1) is 7.88. The van der Waals surface area contributed by atoms with Gasteiger partial charge >= 0.3 is 0 Å². The first-order valence-corrected chi connectivity index (χ1v) is 6.14. The molecule has 1 aromatic carbocycles. The quantitative estimate of drug-likeness (QED) is 0.819. The highest BCUT2D eigenvalue weighted by atomic mass is 32.2. The van der Waals surface area contributed by atoms with Crippen LogP contribution < -0.4 is 5.14 Å². The van der Waals surface area contributed by atoms with Crippen molar-refractivity contribution in [2.75, 3.05) is 0 Å². The molecule has 0 bridgehead atoms. The fourth-order valence-corrected chi connectivity index (χ4v) is 1.72. The van der Waals surface area contributed by atoms with Gasteiger partial charge in [-0.3, -0.25) is 0 Å². The highest BCUT2D eigenvalue weighted by molar-refractivity contribution is 7.89. The summed E-state index contributed by atoms with van der Waals surface area (Å²) in [6, 6.07) is 4.08. The van der Waals surface area contributed by atoms with Crippen LogP contribution in [0.4, 0.5) is 4.39 Å². The van der Waals surface area contributed by atoms with E-state index in [0.717, 1.165) is 5.56 Å². The second-order valence-corrected chi connectivity index (χ2v) is 4.95. The van der Waals surface area contributed by atoms with Gasteiger partial charge in [0.2, 0.25) is 0 Å². The Bertz CT molecular complexity index is 665. The summed E-state index contributed by atoms with van der Waals surface area (Å²) in [5, 5.41) is 10.3. The fourth-order valence-electron chi connectivity index (χ4n) is 1.33.